The van der Waals surface area contributed by atoms with E-state index >= 15 is 0 Å². The molecule has 0 amide bonds. The van der Waals surface area contributed by atoms with E-state index in [2.05, 4.69) is 42.2 Å². The molecule has 1 saturated heterocycles. The van der Waals surface area contributed by atoms with Gasteiger partial charge in [0, 0.05) is 34.9 Å². The quantitative estimate of drug-likeness (QED) is 0.892. The van der Waals surface area contributed by atoms with Gasteiger partial charge < -0.3 is 10.1 Å². The summed E-state index contributed by atoms with van der Waals surface area (Å²) in [7, 11) is 0. The Labute approximate surface area is 119 Å². The van der Waals surface area contributed by atoms with Crippen molar-refractivity contribution in [2.45, 2.75) is 19.4 Å². The maximum absolute atomic E-state index is 5.34. The van der Waals surface area contributed by atoms with E-state index in [1.165, 1.54) is 12.8 Å². The molecular formula is C12H16Br2N2O. The van der Waals surface area contributed by atoms with Crippen LogP contribution in [0.5, 0.6) is 0 Å². The number of halogens is 2. The highest BCUT2D eigenvalue weighted by atomic mass is 79.9. The van der Waals surface area contributed by atoms with Crippen LogP contribution < -0.4 is 5.32 Å². The van der Waals surface area contributed by atoms with Crippen molar-refractivity contribution in [2.24, 2.45) is 5.92 Å². The van der Waals surface area contributed by atoms with E-state index in [-0.39, 0.29) is 0 Å². The lowest BCUT2D eigenvalue weighted by Gasteiger charge is -2.22. The number of aromatic nitrogens is 1. The number of nitrogens with one attached hydrogen (secondary N) is 1. The first-order chi connectivity index (χ1) is 8.25. The third-order valence-corrected chi connectivity index (χ3v) is 4.07. The summed E-state index contributed by atoms with van der Waals surface area (Å²) in [6.07, 6.45) is 4.17. The maximum atomic E-state index is 5.34. The van der Waals surface area contributed by atoms with E-state index in [0.29, 0.717) is 0 Å². The summed E-state index contributed by atoms with van der Waals surface area (Å²) in [5.41, 5.74) is 1.06. The van der Waals surface area contributed by atoms with Gasteiger partial charge in [0.15, 0.2) is 0 Å². The van der Waals surface area contributed by atoms with Crippen LogP contribution in [-0.4, -0.2) is 24.7 Å². The number of hydrogen-bond acceptors (Lipinski definition) is 3. The first-order valence-electron chi connectivity index (χ1n) is 5.84. The van der Waals surface area contributed by atoms with E-state index in [0.717, 1.165) is 46.9 Å². The highest BCUT2D eigenvalue weighted by molar-refractivity contribution is 9.11. The van der Waals surface area contributed by atoms with Crippen LogP contribution in [-0.2, 0) is 11.3 Å². The van der Waals surface area contributed by atoms with E-state index in [9.17, 15) is 0 Å². The summed E-state index contributed by atoms with van der Waals surface area (Å²) < 4.78 is 7.39. The molecule has 1 aliphatic rings. The number of pyridine rings is 1. The summed E-state index contributed by atoms with van der Waals surface area (Å²) in [5.74, 6) is 0.748. The maximum Gasteiger partial charge on any atom is 0.0684 e. The van der Waals surface area contributed by atoms with Crippen molar-refractivity contribution in [3.05, 3.63) is 26.9 Å². The number of ether oxygens (including phenoxy) is 1. The lowest BCUT2D eigenvalue weighted by molar-refractivity contribution is 0.0662. The normalized spacial score (nSPS) is 17.3. The zero-order valence-corrected chi connectivity index (χ0v) is 12.8. The molecule has 0 aromatic carbocycles. The molecule has 0 aliphatic carbocycles. The van der Waals surface area contributed by atoms with Crippen LogP contribution in [0.25, 0.3) is 0 Å². The zero-order chi connectivity index (χ0) is 12.1. The molecule has 0 spiro atoms. The molecule has 1 aliphatic heterocycles. The third kappa shape index (κ3) is 4.32. The molecule has 94 valence electrons. The fraction of sp³-hybridized carbons (Fsp3) is 0.583. The molecule has 2 rings (SSSR count). The molecule has 0 atom stereocenters. The summed E-state index contributed by atoms with van der Waals surface area (Å²) in [5, 5.41) is 3.47. The van der Waals surface area contributed by atoms with Crippen molar-refractivity contribution in [3.8, 4) is 0 Å². The molecule has 17 heavy (non-hydrogen) atoms. The molecule has 1 aromatic heterocycles. The van der Waals surface area contributed by atoms with Crippen LogP contribution in [0.2, 0.25) is 0 Å². The van der Waals surface area contributed by atoms with Crippen LogP contribution in [0.3, 0.4) is 0 Å². The second kappa shape index (κ2) is 6.83. The first kappa shape index (κ1) is 13.5. The molecule has 2 heterocycles. The molecule has 0 saturated carbocycles. The number of nitrogens with zero attached hydrogens (tertiary/aromatic N) is 1. The van der Waals surface area contributed by atoms with Crippen LogP contribution in [0.15, 0.2) is 21.2 Å². The lowest BCUT2D eigenvalue weighted by atomic mass is 10.0. The highest BCUT2D eigenvalue weighted by Gasteiger charge is 2.13. The monoisotopic (exact) mass is 362 g/mol. The van der Waals surface area contributed by atoms with Gasteiger partial charge in [-0.3, -0.25) is 4.98 Å². The summed E-state index contributed by atoms with van der Waals surface area (Å²) in [4.78, 5) is 4.38. The smallest absolute Gasteiger partial charge is 0.0684 e. The fourth-order valence-corrected chi connectivity index (χ4v) is 3.05. The van der Waals surface area contributed by atoms with Crippen LogP contribution in [0.1, 0.15) is 18.5 Å². The fourth-order valence-electron chi connectivity index (χ4n) is 1.92. The topological polar surface area (TPSA) is 34.2 Å². The Morgan fingerprint density at radius 2 is 2.12 bits per heavy atom. The largest absolute Gasteiger partial charge is 0.381 e. The van der Waals surface area contributed by atoms with Gasteiger partial charge in [0.25, 0.3) is 0 Å². The summed E-state index contributed by atoms with van der Waals surface area (Å²) >= 11 is 6.92. The SMILES string of the molecule is Brc1cnc(CNCC2CCOCC2)c(Br)c1. The van der Waals surface area contributed by atoms with Gasteiger partial charge in [-0.1, -0.05) is 0 Å². The summed E-state index contributed by atoms with van der Waals surface area (Å²) in [6, 6.07) is 2.03. The molecular weight excluding hydrogens is 348 g/mol. The lowest BCUT2D eigenvalue weighted by Crippen LogP contribution is -2.27. The molecule has 3 nitrogen and oxygen atoms in total. The van der Waals surface area contributed by atoms with Crippen molar-refractivity contribution in [1.82, 2.24) is 10.3 Å². The van der Waals surface area contributed by atoms with Crippen molar-refractivity contribution in [1.29, 1.82) is 0 Å². The van der Waals surface area contributed by atoms with Gasteiger partial charge >= 0.3 is 0 Å². The van der Waals surface area contributed by atoms with Crippen LogP contribution >= 0.6 is 31.9 Å². The molecule has 0 radical (unpaired) electrons. The van der Waals surface area contributed by atoms with Gasteiger partial charge in [0.1, 0.15) is 0 Å². The Morgan fingerprint density at radius 1 is 1.35 bits per heavy atom. The second-order valence-electron chi connectivity index (χ2n) is 4.27. The molecule has 0 bridgehead atoms. The summed E-state index contributed by atoms with van der Waals surface area (Å²) in [6.45, 7) is 3.68. The molecule has 5 heteroatoms. The van der Waals surface area contributed by atoms with E-state index in [4.69, 9.17) is 4.74 Å². The van der Waals surface area contributed by atoms with E-state index < -0.39 is 0 Å². The van der Waals surface area contributed by atoms with Crippen molar-refractivity contribution in [2.75, 3.05) is 19.8 Å². The van der Waals surface area contributed by atoms with Gasteiger partial charge in [-0.05, 0) is 63.2 Å². The van der Waals surface area contributed by atoms with Gasteiger partial charge in [-0.2, -0.15) is 0 Å². The zero-order valence-electron chi connectivity index (χ0n) is 9.59. The molecule has 1 aromatic rings. The number of rotatable bonds is 4. The molecule has 1 fully saturated rings. The Bertz CT molecular complexity index is 368. The van der Waals surface area contributed by atoms with Gasteiger partial charge in [-0.25, -0.2) is 0 Å². The standard InChI is InChI=1S/C12H16Br2N2O/c13-10-5-11(14)12(16-7-10)8-15-6-9-1-3-17-4-2-9/h5,7,9,15H,1-4,6,8H2. The molecule has 1 N–H and O–H groups in total. The predicted octanol–water partition coefficient (Wildman–Crippen LogP) is 3.12. The Hall–Kier alpha value is 0.0300. The third-order valence-electron chi connectivity index (χ3n) is 2.95. The van der Waals surface area contributed by atoms with Crippen molar-refractivity contribution >= 4 is 31.9 Å². The molecule has 0 unspecified atom stereocenters. The predicted molar refractivity (Wildman–Crippen MR) is 74.9 cm³/mol. The average Bonchev–Trinajstić information content (AvgIpc) is 2.33. The van der Waals surface area contributed by atoms with Gasteiger partial charge in [0.2, 0.25) is 0 Å². The van der Waals surface area contributed by atoms with Crippen LogP contribution in [0, 0.1) is 5.92 Å². The van der Waals surface area contributed by atoms with E-state index in [1.54, 1.807) is 0 Å². The number of hydrogen-bond donors (Lipinski definition) is 1. The van der Waals surface area contributed by atoms with Gasteiger partial charge in [0.05, 0.1) is 5.69 Å². The average molecular weight is 364 g/mol. The Kier molecular flexibility index (Phi) is 5.41. The van der Waals surface area contributed by atoms with Crippen LogP contribution in [0.4, 0.5) is 0 Å². The van der Waals surface area contributed by atoms with Crippen molar-refractivity contribution < 1.29 is 4.74 Å². The minimum Gasteiger partial charge on any atom is -0.381 e. The Balaban J connectivity index is 1.77. The minimum atomic E-state index is 0.748. The first-order valence-corrected chi connectivity index (χ1v) is 7.42. The second-order valence-corrected chi connectivity index (χ2v) is 6.04. The highest BCUT2D eigenvalue weighted by Crippen LogP contribution is 2.19. The minimum absolute atomic E-state index is 0.748. The van der Waals surface area contributed by atoms with Crippen molar-refractivity contribution in [3.63, 3.8) is 0 Å². The van der Waals surface area contributed by atoms with Gasteiger partial charge in [-0.15, -0.1) is 0 Å². The Morgan fingerprint density at radius 3 is 2.82 bits per heavy atom. The van der Waals surface area contributed by atoms with E-state index in [1.807, 2.05) is 12.3 Å².